The fourth-order valence-electron chi connectivity index (χ4n) is 4.26. The number of piperidine rings is 1. The van der Waals surface area contributed by atoms with Crippen molar-refractivity contribution in [3.8, 4) is 5.75 Å². The molecule has 4 rings (SSSR count). The van der Waals surface area contributed by atoms with Crippen LogP contribution in [0.1, 0.15) is 34.7 Å². The number of nitrogens with zero attached hydrogens (tertiary/aromatic N) is 1. The van der Waals surface area contributed by atoms with E-state index < -0.39 is 0 Å². The molecule has 0 aliphatic carbocycles. The topological polar surface area (TPSA) is 41.6 Å². The number of fused-ring (bicyclic) bond motifs is 1. The highest BCUT2D eigenvalue weighted by atomic mass is 35.5. The largest absolute Gasteiger partial charge is 0.497 e. The van der Waals surface area contributed by atoms with Gasteiger partial charge in [-0.1, -0.05) is 24.3 Å². The van der Waals surface area contributed by atoms with Crippen LogP contribution in [0.3, 0.4) is 0 Å². The third kappa shape index (κ3) is 5.54. The van der Waals surface area contributed by atoms with Crippen LogP contribution in [0.15, 0.2) is 60.7 Å². The summed E-state index contributed by atoms with van der Waals surface area (Å²) in [6.45, 7) is 3.43. The molecule has 1 saturated heterocycles. The number of amides is 1. The Morgan fingerprint density at radius 1 is 1.10 bits per heavy atom. The molecule has 1 aliphatic heterocycles. The number of nitrogens with one attached hydrogen (secondary N) is 1. The number of carbonyl (C=O) groups is 1. The highest BCUT2D eigenvalue weighted by Crippen LogP contribution is 2.34. The zero-order valence-corrected chi connectivity index (χ0v) is 18.5. The fourth-order valence-corrected chi connectivity index (χ4v) is 4.26. The Kier molecular flexibility index (Phi) is 7.88. The molecule has 3 aromatic carbocycles. The molecule has 0 radical (unpaired) electrons. The van der Waals surface area contributed by atoms with Gasteiger partial charge in [0.2, 0.25) is 0 Å². The first-order valence-corrected chi connectivity index (χ1v) is 10.5. The smallest absolute Gasteiger partial charge is 0.251 e. The maximum absolute atomic E-state index is 13.0. The van der Waals surface area contributed by atoms with E-state index in [1.54, 1.807) is 7.11 Å². The predicted octanol–water partition coefficient (Wildman–Crippen LogP) is 5.02. The van der Waals surface area contributed by atoms with Gasteiger partial charge in [-0.3, -0.25) is 4.79 Å². The van der Waals surface area contributed by atoms with E-state index in [0.717, 1.165) is 38.2 Å². The second-order valence-electron chi connectivity index (χ2n) is 7.81. The van der Waals surface area contributed by atoms with Crippen molar-refractivity contribution in [1.29, 1.82) is 0 Å². The van der Waals surface area contributed by atoms with E-state index in [1.807, 2.05) is 6.07 Å². The van der Waals surface area contributed by atoms with Crippen LogP contribution < -0.4 is 10.1 Å². The normalized spacial score (nSPS) is 14.8. The summed E-state index contributed by atoms with van der Waals surface area (Å²) in [5.41, 5.74) is 1.89. The van der Waals surface area contributed by atoms with Crippen LogP contribution in [0.4, 0.5) is 4.39 Å². The van der Waals surface area contributed by atoms with Crippen LogP contribution in [0.25, 0.3) is 10.8 Å². The van der Waals surface area contributed by atoms with Crippen molar-refractivity contribution in [2.24, 2.45) is 0 Å². The summed E-state index contributed by atoms with van der Waals surface area (Å²) in [6, 6.07) is 18.4. The standard InChI is InChI=1S/C25H27FN2O2.ClH/c1-30-22-10-7-18-3-2-4-23(24(18)17-22)19-11-14-28(15-12-19)16-13-27-25(29)20-5-8-21(26)9-6-20;/h2-10,17,19H,11-16H2,1H3,(H,27,29);1H. The van der Waals surface area contributed by atoms with E-state index >= 15 is 0 Å². The molecule has 1 aliphatic rings. The highest BCUT2D eigenvalue weighted by Gasteiger charge is 2.22. The molecule has 4 nitrogen and oxygen atoms in total. The summed E-state index contributed by atoms with van der Waals surface area (Å²) >= 11 is 0. The average Bonchev–Trinajstić information content (AvgIpc) is 2.79. The molecule has 6 heteroatoms. The molecule has 1 amide bonds. The SMILES string of the molecule is COc1ccc2cccc(C3CCN(CCNC(=O)c4ccc(F)cc4)CC3)c2c1.Cl. The summed E-state index contributed by atoms with van der Waals surface area (Å²) in [5, 5.41) is 5.46. The lowest BCUT2D eigenvalue weighted by molar-refractivity contribution is 0.0945. The van der Waals surface area contributed by atoms with E-state index in [-0.39, 0.29) is 24.1 Å². The summed E-state index contributed by atoms with van der Waals surface area (Å²) in [6.07, 6.45) is 2.20. The van der Waals surface area contributed by atoms with Crippen molar-refractivity contribution in [2.75, 3.05) is 33.3 Å². The minimum absolute atomic E-state index is 0. The Morgan fingerprint density at radius 3 is 2.55 bits per heavy atom. The number of hydrogen-bond donors (Lipinski definition) is 1. The average molecular weight is 443 g/mol. The molecule has 1 fully saturated rings. The maximum atomic E-state index is 13.0. The molecule has 0 atom stereocenters. The van der Waals surface area contributed by atoms with Gasteiger partial charge in [0.25, 0.3) is 5.91 Å². The van der Waals surface area contributed by atoms with Crippen molar-refractivity contribution in [1.82, 2.24) is 10.2 Å². The number of ether oxygens (including phenoxy) is 1. The van der Waals surface area contributed by atoms with Gasteiger partial charge in [-0.05, 0) is 84.6 Å². The van der Waals surface area contributed by atoms with Crippen molar-refractivity contribution < 1.29 is 13.9 Å². The number of methoxy groups -OCH3 is 1. The fraction of sp³-hybridized carbons (Fsp3) is 0.320. The Bertz CT molecular complexity index is 1020. The van der Waals surface area contributed by atoms with Gasteiger partial charge in [-0.2, -0.15) is 0 Å². The number of halogens is 2. The molecule has 0 unspecified atom stereocenters. The number of hydrogen-bond acceptors (Lipinski definition) is 3. The summed E-state index contributed by atoms with van der Waals surface area (Å²) < 4.78 is 18.4. The molecule has 164 valence electrons. The van der Waals surface area contributed by atoms with Gasteiger partial charge in [-0.15, -0.1) is 12.4 Å². The lowest BCUT2D eigenvalue weighted by Gasteiger charge is -2.32. The third-order valence-electron chi connectivity index (χ3n) is 5.97. The van der Waals surface area contributed by atoms with Crippen molar-refractivity contribution in [2.45, 2.75) is 18.8 Å². The van der Waals surface area contributed by atoms with E-state index in [9.17, 15) is 9.18 Å². The number of carbonyl (C=O) groups excluding carboxylic acids is 1. The maximum Gasteiger partial charge on any atom is 0.251 e. The van der Waals surface area contributed by atoms with Crippen molar-refractivity contribution in [3.05, 3.63) is 77.6 Å². The monoisotopic (exact) mass is 442 g/mol. The Labute approximate surface area is 188 Å². The first-order chi connectivity index (χ1) is 14.6. The number of rotatable bonds is 6. The van der Waals surface area contributed by atoms with Gasteiger partial charge >= 0.3 is 0 Å². The van der Waals surface area contributed by atoms with Crippen LogP contribution in [0, 0.1) is 5.82 Å². The van der Waals surface area contributed by atoms with Crippen LogP contribution in [-0.4, -0.2) is 44.1 Å². The Morgan fingerprint density at radius 2 is 1.84 bits per heavy atom. The molecule has 31 heavy (non-hydrogen) atoms. The van der Waals surface area contributed by atoms with Gasteiger partial charge in [-0.25, -0.2) is 4.39 Å². The first-order valence-electron chi connectivity index (χ1n) is 10.5. The molecule has 3 aromatic rings. The summed E-state index contributed by atoms with van der Waals surface area (Å²) in [7, 11) is 1.71. The number of benzene rings is 3. The van der Waals surface area contributed by atoms with Crippen LogP contribution >= 0.6 is 12.4 Å². The lowest BCUT2D eigenvalue weighted by Crippen LogP contribution is -2.39. The highest BCUT2D eigenvalue weighted by molar-refractivity contribution is 5.94. The van der Waals surface area contributed by atoms with Crippen LogP contribution in [-0.2, 0) is 0 Å². The van der Waals surface area contributed by atoms with Crippen LogP contribution in [0.2, 0.25) is 0 Å². The zero-order chi connectivity index (χ0) is 20.9. The van der Waals surface area contributed by atoms with Gasteiger partial charge in [0.1, 0.15) is 11.6 Å². The predicted molar refractivity (Wildman–Crippen MR) is 125 cm³/mol. The summed E-state index contributed by atoms with van der Waals surface area (Å²) in [4.78, 5) is 14.5. The van der Waals surface area contributed by atoms with E-state index in [0.29, 0.717) is 18.0 Å². The van der Waals surface area contributed by atoms with Crippen molar-refractivity contribution >= 4 is 29.1 Å². The van der Waals surface area contributed by atoms with E-state index in [4.69, 9.17) is 4.74 Å². The molecule has 1 N–H and O–H groups in total. The van der Waals surface area contributed by atoms with E-state index in [1.165, 1.54) is 40.6 Å². The molecule has 0 spiro atoms. The Hall–Kier alpha value is -2.63. The van der Waals surface area contributed by atoms with Crippen LogP contribution in [0.5, 0.6) is 5.75 Å². The second kappa shape index (κ2) is 10.6. The quantitative estimate of drug-likeness (QED) is 0.582. The van der Waals surface area contributed by atoms with Gasteiger partial charge < -0.3 is 15.0 Å². The third-order valence-corrected chi connectivity index (χ3v) is 5.97. The lowest BCUT2D eigenvalue weighted by atomic mass is 9.86. The van der Waals surface area contributed by atoms with Gasteiger partial charge in [0.15, 0.2) is 0 Å². The molecule has 0 bridgehead atoms. The van der Waals surface area contributed by atoms with E-state index in [2.05, 4.69) is 40.5 Å². The molecular weight excluding hydrogens is 415 g/mol. The Balaban J connectivity index is 0.00000272. The van der Waals surface area contributed by atoms with Gasteiger partial charge in [0.05, 0.1) is 7.11 Å². The zero-order valence-electron chi connectivity index (χ0n) is 17.6. The van der Waals surface area contributed by atoms with Gasteiger partial charge in [0, 0.05) is 18.7 Å². The minimum Gasteiger partial charge on any atom is -0.497 e. The summed E-state index contributed by atoms with van der Waals surface area (Å²) in [5.74, 6) is 0.934. The van der Waals surface area contributed by atoms with Crippen molar-refractivity contribution in [3.63, 3.8) is 0 Å². The minimum atomic E-state index is -0.334. The number of likely N-dealkylation sites (tertiary alicyclic amines) is 1. The molecular formula is C25H28ClFN2O2. The molecule has 1 heterocycles. The molecule has 0 aromatic heterocycles. The molecule has 0 saturated carbocycles. The first kappa shape index (κ1) is 23.0. The second-order valence-corrected chi connectivity index (χ2v) is 7.81.